The molecule has 0 aromatic heterocycles. The molecule has 2 aliphatic rings. The van der Waals surface area contributed by atoms with Crippen LogP contribution in [0.2, 0.25) is 0 Å². The molecule has 0 saturated carbocycles. The number of piperidine rings is 1. The molecule has 0 atom stereocenters. The molecule has 2 heterocycles. The first-order valence-corrected chi connectivity index (χ1v) is 12.8. The maximum atomic E-state index is 13.4. The lowest BCUT2D eigenvalue weighted by molar-refractivity contribution is -0.138. The lowest BCUT2D eigenvalue weighted by Crippen LogP contribution is -2.53. The first-order valence-electron chi connectivity index (χ1n) is 11.4. The molecule has 0 N–H and O–H groups in total. The zero-order valence-corrected chi connectivity index (χ0v) is 20.6. The van der Waals surface area contributed by atoms with E-state index in [1.165, 1.54) is 4.31 Å². The Balaban J connectivity index is 1.62. The number of hydrogen-bond acceptors (Lipinski definition) is 5. The van der Waals surface area contributed by atoms with Crippen molar-refractivity contribution in [2.45, 2.75) is 52.4 Å². The van der Waals surface area contributed by atoms with Gasteiger partial charge in [-0.1, -0.05) is 6.07 Å². The molecule has 0 spiro atoms. The van der Waals surface area contributed by atoms with Crippen molar-refractivity contribution in [2.75, 3.05) is 45.9 Å². The highest BCUT2D eigenvalue weighted by Crippen LogP contribution is 2.31. The smallest absolute Gasteiger partial charge is 0.409 e. The van der Waals surface area contributed by atoms with Crippen molar-refractivity contribution in [2.24, 2.45) is 5.92 Å². The molecular formula is C23H35N3O5S. The molecule has 8 nitrogen and oxygen atoms in total. The summed E-state index contributed by atoms with van der Waals surface area (Å²) in [7, 11) is -3.61. The van der Waals surface area contributed by atoms with Crippen LogP contribution in [0, 0.1) is 33.6 Å². The normalized spacial score (nSPS) is 18.7. The van der Waals surface area contributed by atoms with E-state index >= 15 is 0 Å². The van der Waals surface area contributed by atoms with Crippen LogP contribution in [0.5, 0.6) is 0 Å². The van der Waals surface area contributed by atoms with Gasteiger partial charge < -0.3 is 14.5 Å². The molecule has 2 saturated heterocycles. The van der Waals surface area contributed by atoms with Crippen LogP contribution in [0.25, 0.3) is 0 Å². The third kappa shape index (κ3) is 4.78. The molecule has 32 heavy (non-hydrogen) atoms. The van der Waals surface area contributed by atoms with E-state index in [1.807, 2.05) is 33.8 Å². The summed E-state index contributed by atoms with van der Waals surface area (Å²) in [6, 6.07) is 2.02. The fourth-order valence-electron chi connectivity index (χ4n) is 4.62. The second-order valence-corrected chi connectivity index (χ2v) is 10.7. The summed E-state index contributed by atoms with van der Waals surface area (Å²) in [5.74, 6) is -0.124. The van der Waals surface area contributed by atoms with Crippen molar-refractivity contribution in [3.05, 3.63) is 28.3 Å². The number of benzene rings is 1. The maximum absolute atomic E-state index is 13.4. The van der Waals surface area contributed by atoms with E-state index in [1.54, 1.807) is 16.7 Å². The molecule has 1 aromatic rings. The van der Waals surface area contributed by atoms with E-state index in [0.717, 1.165) is 22.3 Å². The summed E-state index contributed by atoms with van der Waals surface area (Å²) in [4.78, 5) is 28.7. The summed E-state index contributed by atoms with van der Waals surface area (Å²) in [5, 5.41) is 0. The van der Waals surface area contributed by atoms with E-state index < -0.39 is 10.0 Å². The number of piperazine rings is 1. The Hall–Kier alpha value is -2.13. The summed E-state index contributed by atoms with van der Waals surface area (Å²) >= 11 is 0. The Morgan fingerprint density at radius 1 is 0.906 bits per heavy atom. The van der Waals surface area contributed by atoms with Gasteiger partial charge in [0.1, 0.15) is 0 Å². The quantitative estimate of drug-likeness (QED) is 0.682. The Bertz CT molecular complexity index is 950. The minimum absolute atomic E-state index is 0.0596. The van der Waals surface area contributed by atoms with Crippen molar-refractivity contribution in [3.63, 3.8) is 0 Å². The summed E-state index contributed by atoms with van der Waals surface area (Å²) < 4.78 is 33.4. The molecule has 9 heteroatoms. The van der Waals surface area contributed by atoms with Crippen LogP contribution in [0.1, 0.15) is 42.0 Å². The number of nitrogens with zero attached hydrogens (tertiary/aromatic N) is 3. The van der Waals surface area contributed by atoms with Gasteiger partial charge in [-0.05, 0) is 69.7 Å². The van der Waals surface area contributed by atoms with Crippen LogP contribution in [-0.4, -0.2) is 80.4 Å². The van der Waals surface area contributed by atoms with Gasteiger partial charge in [0.2, 0.25) is 15.9 Å². The average molecular weight is 466 g/mol. The number of ether oxygens (including phenoxy) is 1. The minimum atomic E-state index is -3.61. The van der Waals surface area contributed by atoms with Gasteiger partial charge in [0.25, 0.3) is 0 Å². The Labute approximate surface area is 191 Å². The molecule has 0 aliphatic carbocycles. The number of aryl methyl sites for hydroxylation is 2. The summed E-state index contributed by atoms with van der Waals surface area (Å²) in [6.45, 7) is 12.3. The average Bonchev–Trinajstić information content (AvgIpc) is 2.77. The largest absolute Gasteiger partial charge is 0.450 e. The number of carbonyl (C=O) groups excluding carboxylic acids is 2. The first kappa shape index (κ1) is 24.5. The Kier molecular flexibility index (Phi) is 7.50. The van der Waals surface area contributed by atoms with E-state index in [4.69, 9.17) is 4.74 Å². The zero-order valence-electron chi connectivity index (χ0n) is 19.8. The second kappa shape index (κ2) is 9.79. The van der Waals surface area contributed by atoms with Gasteiger partial charge in [-0.25, -0.2) is 13.2 Å². The van der Waals surface area contributed by atoms with E-state index in [2.05, 4.69) is 0 Å². The first-order chi connectivity index (χ1) is 15.1. The predicted octanol–water partition coefficient (Wildman–Crippen LogP) is 2.62. The monoisotopic (exact) mass is 465 g/mol. The van der Waals surface area contributed by atoms with Gasteiger partial charge >= 0.3 is 6.09 Å². The van der Waals surface area contributed by atoms with Crippen molar-refractivity contribution in [1.82, 2.24) is 14.1 Å². The second-order valence-electron chi connectivity index (χ2n) is 8.78. The van der Waals surface area contributed by atoms with Gasteiger partial charge in [0.15, 0.2) is 0 Å². The molecule has 178 valence electrons. The number of carbonyl (C=O) groups is 2. The Morgan fingerprint density at radius 2 is 1.41 bits per heavy atom. The van der Waals surface area contributed by atoms with E-state index in [9.17, 15) is 18.0 Å². The lowest BCUT2D eigenvalue weighted by Gasteiger charge is -2.38. The predicted molar refractivity (Wildman–Crippen MR) is 122 cm³/mol. The molecule has 3 rings (SSSR count). The van der Waals surface area contributed by atoms with Crippen LogP contribution in [0.4, 0.5) is 4.79 Å². The van der Waals surface area contributed by atoms with Gasteiger partial charge in [-0.2, -0.15) is 4.31 Å². The minimum Gasteiger partial charge on any atom is -0.450 e. The van der Waals surface area contributed by atoms with Gasteiger partial charge in [0.05, 0.1) is 11.5 Å². The standard InChI is InChI=1S/C23H35N3O5S/c1-6-31-23(28)25-13-11-24(12-14-25)22(27)20-7-9-26(10-8-20)32(29,30)21-18(4)16(2)15-17(3)19(21)5/h15,20H,6-14H2,1-5H3. The SMILES string of the molecule is CCOC(=O)N1CCN(C(=O)C2CCN(S(=O)(=O)c3c(C)c(C)cc(C)c3C)CC2)CC1. The number of amides is 2. The topological polar surface area (TPSA) is 87.2 Å². The van der Waals surface area contributed by atoms with Crippen molar-refractivity contribution in [1.29, 1.82) is 0 Å². The lowest BCUT2D eigenvalue weighted by atomic mass is 9.96. The van der Waals surface area contributed by atoms with Gasteiger partial charge in [-0.15, -0.1) is 0 Å². The highest BCUT2D eigenvalue weighted by Gasteiger charge is 2.36. The van der Waals surface area contributed by atoms with Gasteiger partial charge in [-0.3, -0.25) is 4.79 Å². The Morgan fingerprint density at radius 3 is 1.91 bits per heavy atom. The van der Waals surface area contributed by atoms with Crippen LogP contribution in [-0.2, 0) is 19.6 Å². The van der Waals surface area contributed by atoms with Crippen LogP contribution in [0.3, 0.4) is 0 Å². The highest BCUT2D eigenvalue weighted by atomic mass is 32.2. The number of hydrogen-bond donors (Lipinski definition) is 0. The third-order valence-corrected chi connectivity index (χ3v) is 8.99. The molecule has 0 radical (unpaired) electrons. The number of rotatable bonds is 4. The molecule has 1 aromatic carbocycles. The fourth-order valence-corrected chi connectivity index (χ4v) is 6.67. The molecule has 2 amide bonds. The highest BCUT2D eigenvalue weighted by molar-refractivity contribution is 7.89. The fraction of sp³-hybridized carbons (Fsp3) is 0.652. The third-order valence-electron chi connectivity index (χ3n) is 6.82. The summed E-state index contributed by atoms with van der Waals surface area (Å²) in [6.07, 6.45) is 0.688. The summed E-state index contributed by atoms with van der Waals surface area (Å²) in [5.41, 5.74) is 3.54. The number of sulfonamides is 1. The van der Waals surface area contributed by atoms with Crippen LogP contribution < -0.4 is 0 Å². The van der Waals surface area contributed by atoms with E-state index in [-0.39, 0.29) is 17.9 Å². The van der Waals surface area contributed by atoms with Crippen molar-refractivity contribution < 1.29 is 22.7 Å². The molecule has 2 aliphatic heterocycles. The molecule has 0 bridgehead atoms. The van der Waals surface area contributed by atoms with Crippen LogP contribution >= 0.6 is 0 Å². The zero-order chi connectivity index (χ0) is 23.6. The van der Waals surface area contributed by atoms with E-state index in [0.29, 0.717) is 63.6 Å². The van der Waals surface area contributed by atoms with Crippen LogP contribution in [0.15, 0.2) is 11.0 Å². The van der Waals surface area contributed by atoms with Gasteiger partial charge in [0, 0.05) is 45.2 Å². The molecular weight excluding hydrogens is 430 g/mol. The molecule has 0 unspecified atom stereocenters. The maximum Gasteiger partial charge on any atom is 0.409 e. The van der Waals surface area contributed by atoms with Crippen molar-refractivity contribution >= 4 is 22.0 Å². The van der Waals surface area contributed by atoms with Crippen molar-refractivity contribution in [3.8, 4) is 0 Å². The molecule has 2 fully saturated rings.